The maximum Gasteiger partial charge on any atom is 0.261 e. The van der Waals surface area contributed by atoms with Gasteiger partial charge in [-0.1, -0.05) is 12.1 Å². The Kier molecular flexibility index (Phi) is 2.96. The van der Waals surface area contributed by atoms with E-state index < -0.39 is 0 Å². The van der Waals surface area contributed by atoms with E-state index in [4.69, 9.17) is 17.0 Å². The normalized spacial score (nSPS) is 10.8. The fourth-order valence-electron chi connectivity index (χ4n) is 1.98. The van der Waals surface area contributed by atoms with E-state index in [0.29, 0.717) is 10.2 Å². The predicted octanol–water partition coefficient (Wildman–Crippen LogP) is 3.32. The van der Waals surface area contributed by atoms with Crippen LogP contribution in [0.25, 0.3) is 21.3 Å². The molecule has 2 aromatic heterocycles. The topological polar surface area (TPSA) is 57.9 Å². The van der Waals surface area contributed by atoms with Crippen LogP contribution in [-0.2, 0) is 0 Å². The van der Waals surface area contributed by atoms with Gasteiger partial charge in [-0.2, -0.15) is 0 Å². The molecule has 96 valence electrons. The predicted molar refractivity (Wildman–Crippen MR) is 79.6 cm³/mol. The second kappa shape index (κ2) is 4.64. The maximum atomic E-state index is 12.0. The molecule has 2 N–H and O–H groups in total. The minimum atomic E-state index is -0.169. The standard InChI is InChI=1S/C13H10N2O2S2/c1-17-8-4-2-3-7(5-8)9-6-19-12-10(9)11(16)14-13(18)15-12/h2-6H,1H3,(H2,14,15,16,18). The summed E-state index contributed by atoms with van der Waals surface area (Å²) in [7, 11) is 1.62. The minimum absolute atomic E-state index is 0.169. The number of aromatic nitrogens is 2. The number of aromatic amines is 2. The molecule has 0 saturated carbocycles. The first-order chi connectivity index (χ1) is 9.19. The summed E-state index contributed by atoms with van der Waals surface area (Å²) in [5.41, 5.74) is 1.66. The zero-order valence-corrected chi connectivity index (χ0v) is 11.7. The SMILES string of the molecule is COc1cccc(-c2csc3[nH]c(=S)[nH]c(=O)c23)c1. The highest BCUT2D eigenvalue weighted by molar-refractivity contribution is 7.71. The second-order valence-corrected chi connectivity index (χ2v) is 5.28. The molecule has 0 saturated heterocycles. The number of thiophene rings is 1. The van der Waals surface area contributed by atoms with E-state index in [9.17, 15) is 4.79 Å². The van der Waals surface area contributed by atoms with Gasteiger partial charge in [-0.15, -0.1) is 11.3 Å². The molecule has 0 atom stereocenters. The lowest BCUT2D eigenvalue weighted by atomic mass is 10.1. The first kappa shape index (κ1) is 12.1. The van der Waals surface area contributed by atoms with Crippen molar-refractivity contribution in [1.29, 1.82) is 0 Å². The Morgan fingerprint density at radius 1 is 1.32 bits per heavy atom. The van der Waals surface area contributed by atoms with Crippen molar-refractivity contribution in [2.75, 3.05) is 7.11 Å². The lowest BCUT2D eigenvalue weighted by Gasteiger charge is -2.03. The van der Waals surface area contributed by atoms with Gasteiger partial charge in [-0.3, -0.25) is 9.78 Å². The molecule has 0 bridgehead atoms. The number of rotatable bonds is 2. The molecule has 0 aliphatic carbocycles. The molecule has 3 aromatic rings. The highest BCUT2D eigenvalue weighted by Crippen LogP contribution is 2.32. The Morgan fingerprint density at radius 2 is 2.16 bits per heavy atom. The van der Waals surface area contributed by atoms with Crippen molar-refractivity contribution in [2.45, 2.75) is 0 Å². The lowest BCUT2D eigenvalue weighted by molar-refractivity contribution is 0.415. The van der Waals surface area contributed by atoms with Crippen LogP contribution in [0.15, 0.2) is 34.4 Å². The molecular weight excluding hydrogens is 280 g/mol. The Morgan fingerprint density at radius 3 is 2.95 bits per heavy atom. The van der Waals surface area contributed by atoms with Gasteiger partial charge in [0.15, 0.2) is 4.77 Å². The lowest BCUT2D eigenvalue weighted by Crippen LogP contribution is -2.06. The second-order valence-electron chi connectivity index (χ2n) is 3.99. The molecule has 0 radical (unpaired) electrons. The highest BCUT2D eigenvalue weighted by atomic mass is 32.1. The van der Waals surface area contributed by atoms with Crippen molar-refractivity contribution >= 4 is 33.8 Å². The Bertz CT molecular complexity index is 861. The van der Waals surface area contributed by atoms with E-state index in [1.807, 2.05) is 29.6 Å². The molecular formula is C13H10N2O2S2. The molecule has 4 nitrogen and oxygen atoms in total. The summed E-state index contributed by atoms with van der Waals surface area (Å²) in [6, 6.07) is 7.63. The van der Waals surface area contributed by atoms with E-state index >= 15 is 0 Å². The van der Waals surface area contributed by atoms with Gasteiger partial charge in [0.2, 0.25) is 0 Å². The van der Waals surface area contributed by atoms with Gasteiger partial charge in [0.25, 0.3) is 5.56 Å². The summed E-state index contributed by atoms with van der Waals surface area (Å²) in [6.07, 6.45) is 0. The van der Waals surface area contributed by atoms with Crippen LogP contribution in [0.3, 0.4) is 0 Å². The number of nitrogens with one attached hydrogen (secondary N) is 2. The summed E-state index contributed by atoms with van der Waals surface area (Å²) in [5, 5.41) is 2.58. The molecule has 2 heterocycles. The molecule has 3 rings (SSSR count). The third-order valence-electron chi connectivity index (χ3n) is 2.85. The van der Waals surface area contributed by atoms with Gasteiger partial charge in [0.1, 0.15) is 10.6 Å². The van der Waals surface area contributed by atoms with Crippen LogP contribution in [0.2, 0.25) is 0 Å². The van der Waals surface area contributed by atoms with Gasteiger partial charge in [-0.05, 0) is 29.9 Å². The number of hydrogen-bond acceptors (Lipinski definition) is 4. The van der Waals surface area contributed by atoms with Crippen LogP contribution in [0.4, 0.5) is 0 Å². The van der Waals surface area contributed by atoms with E-state index in [-0.39, 0.29) is 5.56 Å². The van der Waals surface area contributed by atoms with Crippen molar-refractivity contribution < 1.29 is 4.74 Å². The molecule has 0 aliphatic rings. The van der Waals surface area contributed by atoms with Crippen LogP contribution in [0.1, 0.15) is 0 Å². The van der Waals surface area contributed by atoms with Gasteiger partial charge < -0.3 is 9.72 Å². The summed E-state index contributed by atoms with van der Waals surface area (Å²) in [5.74, 6) is 0.761. The monoisotopic (exact) mass is 290 g/mol. The molecule has 0 spiro atoms. The van der Waals surface area contributed by atoms with Gasteiger partial charge in [0.05, 0.1) is 12.5 Å². The number of methoxy groups -OCH3 is 1. The summed E-state index contributed by atoms with van der Waals surface area (Å²) in [6.45, 7) is 0. The number of benzene rings is 1. The van der Waals surface area contributed by atoms with Crippen molar-refractivity contribution in [1.82, 2.24) is 9.97 Å². The average molecular weight is 290 g/mol. The fourth-order valence-corrected chi connectivity index (χ4v) is 3.21. The van der Waals surface area contributed by atoms with Crippen molar-refractivity contribution in [3.8, 4) is 16.9 Å². The van der Waals surface area contributed by atoms with Crippen LogP contribution >= 0.6 is 23.6 Å². The average Bonchev–Trinajstić information content (AvgIpc) is 2.82. The molecule has 19 heavy (non-hydrogen) atoms. The number of H-pyrrole nitrogens is 2. The molecule has 1 aromatic carbocycles. The van der Waals surface area contributed by atoms with E-state index in [0.717, 1.165) is 21.7 Å². The number of fused-ring (bicyclic) bond motifs is 1. The highest BCUT2D eigenvalue weighted by Gasteiger charge is 2.11. The van der Waals surface area contributed by atoms with Crippen LogP contribution in [-0.4, -0.2) is 17.1 Å². The smallest absolute Gasteiger partial charge is 0.261 e. The number of ether oxygens (including phenoxy) is 1. The molecule has 6 heteroatoms. The third-order valence-corrected chi connectivity index (χ3v) is 3.95. The third kappa shape index (κ3) is 2.09. The van der Waals surface area contributed by atoms with Crippen molar-refractivity contribution in [2.24, 2.45) is 0 Å². The number of hydrogen-bond donors (Lipinski definition) is 2. The van der Waals surface area contributed by atoms with Crippen molar-refractivity contribution in [3.05, 3.63) is 44.8 Å². The minimum Gasteiger partial charge on any atom is -0.497 e. The van der Waals surface area contributed by atoms with Crippen LogP contribution in [0.5, 0.6) is 5.75 Å². The van der Waals surface area contributed by atoms with E-state index in [1.165, 1.54) is 11.3 Å². The van der Waals surface area contributed by atoms with E-state index in [2.05, 4.69) is 9.97 Å². The largest absolute Gasteiger partial charge is 0.497 e. The zero-order chi connectivity index (χ0) is 13.4. The summed E-state index contributed by atoms with van der Waals surface area (Å²) >= 11 is 6.44. The maximum absolute atomic E-state index is 12.0. The first-order valence-electron chi connectivity index (χ1n) is 5.57. The molecule has 0 amide bonds. The van der Waals surface area contributed by atoms with Crippen molar-refractivity contribution in [3.63, 3.8) is 0 Å². The molecule has 0 unspecified atom stereocenters. The van der Waals surface area contributed by atoms with Crippen LogP contribution in [0, 0.1) is 4.77 Å². The van der Waals surface area contributed by atoms with E-state index in [1.54, 1.807) is 7.11 Å². The zero-order valence-electron chi connectivity index (χ0n) is 10.0. The molecule has 0 fully saturated rings. The Balaban J connectivity index is 2.31. The van der Waals surface area contributed by atoms with Gasteiger partial charge in [-0.25, -0.2) is 0 Å². The molecule has 0 aliphatic heterocycles. The van der Waals surface area contributed by atoms with Crippen LogP contribution < -0.4 is 10.3 Å². The Labute approximate surface area is 117 Å². The fraction of sp³-hybridized carbons (Fsp3) is 0.0769. The quantitative estimate of drug-likeness (QED) is 0.712. The summed E-state index contributed by atoms with van der Waals surface area (Å²) < 4.78 is 5.55. The summed E-state index contributed by atoms with van der Waals surface area (Å²) in [4.78, 5) is 18.4. The van der Waals surface area contributed by atoms with Gasteiger partial charge in [0, 0.05) is 10.9 Å². The first-order valence-corrected chi connectivity index (χ1v) is 6.86. The Hall–Kier alpha value is -1.92. The van der Waals surface area contributed by atoms with Gasteiger partial charge >= 0.3 is 0 Å².